The highest BCUT2D eigenvalue weighted by atomic mass is 19.3. The van der Waals surface area contributed by atoms with Crippen LogP contribution < -0.4 is 0 Å². The van der Waals surface area contributed by atoms with Crippen LogP contribution in [0.5, 0.6) is 0 Å². The molecule has 2 saturated heterocycles. The first-order chi connectivity index (χ1) is 6.75. The Morgan fingerprint density at radius 1 is 1.14 bits per heavy atom. The molecule has 0 aliphatic carbocycles. The molecule has 14 heavy (non-hydrogen) atoms. The molecule has 0 aromatic rings. The molecule has 0 aromatic heterocycles. The first-order valence-corrected chi connectivity index (χ1v) is 5.50. The van der Waals surface area contributed by atoms with Gasteiger partial charge in [-0.3, -0.25) is 9.80 Å². The number of alkyl halides is 2. The molecule has 0 radical (unpaired) electrons. The van der Waals surface area contributed by atoms with Crippen LogP contribution in [0.25, 0.3) is 0 Å². The normalized spacial score (nSPS) is 30.6. The minimum absolute atomic E-state index is 0.0374. The third-order valence-electron chi connectivity index (χ3n) is 3.28. The zero-order valence-corrected chi connectivity index (χ0v) is 8.46. The van der Waals surface area contributed by atoms with Crippen LogP contribution in [0.2, 0.25) is 0 Å². The molecule has 0 bridgehead atoms. The molecule has 2 nitrogen and oxygen atoms in total. The van der Waals surface area contributed by atoms with Crippen LogP contribution in [0.4, 0.5) is 8.78 Å². The maximum Gasteiger partial charge on any atom is 0.251 e. The SMILES string of the molecule is FC(F)CN1CCCN2CCCC2C1. The van der Waals surface area contributed by atoms with Crippen LogP contribution in [0, 0.1) is 0 Å². The molecular weight excluding hydrogens is 186 g/mol. The smallest absolute Gasteiger partial charge is 0.251 e. The summed E-state index contributed by atoms with van der Waals surface area (Å²) in [4.78, 5) is 4.39. The van der Waals surface area contributed by atoms with Gasteiger partial charge in [0.1, 0.15) is 0 Å². The van der Waals surface area contributed by atoms with Gasteiger partial charge in [0, 0.05) is 12.6 Å². The Balaban J connectivity index is 1.88. The number of halogens is 2. The Kier molecular flexibility index (Phi) is 3.34. The van der Waals surface area contributed by atoms with Crippen molar-refractivity contribution in [2.24, 2.45) is 0 Å². The lowest BCUT2D eigenvalue weighted by molar-refractivity contribution is 0.0844. The summed E-state index contributed by atoms with van der Waals surface area (Å²) in [7, 11) is 0. The zero-order chi connectivity index (χ0) is 9.97. The van der Waals surface area contributed by atoms with Crippen LogP contribution in [-0.2, 0) is 0 Å². The van der Waals surface area contributed by atoms with Crippen molar-refractivity contribution in [3.63, 3.8) is 0 Å². The Labute approximate surface area is 83.9 Å². The minimum Gasteiger partial charge on any atom is -0.299 e. The maximum absolute atomic E-state index is 12.2. The number of hydrogen-bond donors (Lipinski definition) is 0. The van der Waals surface area contributed by atoms with Gasteiger partial charge >= 0.3 is 0 Å². The Morgan fingerprint density at radius 2 is 1.93 bits per heavy atom. The van der Waals surface area contributed by atoms with Gasteiger partial charge in [-0.25, -0.2) is 8.78 Å². The maximum atomic E-state index is 12.2. The molecule has 2 rings (SSSR count). The fourth-order valence-corrected chi connectivity index (χ4v) is 2.64. The summed E-state index contributed by atoms with van der Waals surface area (Å²) in [5.41, 5.74) is 0. The van der Waals surface area contributed by atoms with Crippen molar-refractivity contribution in [1.29, 1.82) is 0 Å². The molecular formula is C10H18F2N2. The summed E-state index contributed by atoms with van der Waals surface area (Å²) in [6.07, 6.45) is 1.30. The van der Waals surface area contributed by atoms with E-state index in [4.69, 9.17) is 0 Å². The first kappa shape index (κ1) is 10.3. The standard InChI is InChI=1S/C10H18F2N2/c11-10(12)8-13-4-2-6-14-5-1-3-9(14)7-13/h9-10H,1-8H2. The summed E-state index contributed by atoms with van der Waals surface area (Å²) in [5.74, 6) is 0. The Morgan fingerprint density at radius 3 is 2.71 bits per heavy atom. The lowest BCUT2D eigenvalue weighted by Gasteiger charge is -2.25. The summed E-state index contributed by atoms with van der Waals surface area (Å²) in [6, 6.07) is 0.552. The molecule has 0 amide bonds. The van der Waals surface area contributed by atoms with E-state index < -0.39 is 6.43 Å². The molecule has 2 aliphatic heterocycles. The molecule has 2 fully saturated rings. The lowest BCUT2D eigenvalue weighted by Crippen LogP contribution is -2.38. The van der Waals surface area contributed by atoms with Gasteiger partial charge in [-0.2, -0.15) is 0 Å². The molecule has 2 heterocycles. The fraction of sp³-hybridized carbons (Fsp3) is 1.00. The lowest BCUT2D eigenvalue weighted by atomic mass is 10.2. The van der Waals surface area contributed by atoms with Crippen molar-refractivity contribution in [2.75, 3.05) is 32.7 Å². The zero-order valence-electron chi connectivity index (χ0n) is 8.46. The van der Waals surface area contributed by atoms with Crippen molar-refractivity contribution in [3.8, 4) is 0 Å². The largest absolute Gasteiger partial charge is 0.299 e. The van der Waals surface area contributed by atoms with Crippen LogP contribution in [0.1, 0.15) is 19.3 Å². The summed E-state index contributed by atoms with van der Waals surface area (Å²) in [5, 5.41) is 0. The Hall–Kier alpha value is -0.220. The predicted molar refractivity (Wildman–Crippen MR) is 51.7 cm³/mol. The highest BCUT2D eigenvalue weighted by Gasteiger charge is 2.29. The third-order valence-corrected chi connectivity index (χ3v) is 3.28. The van der Waals surface area contributed by atoms with E-state index in [9.17, 15) is 8.78 Å². The van der Waals surface area contributed by atoms with Gasteiger partial charge in [0.25, 0.3) is 6.43 Å². The van der Waals surface area contributed by atoms with E-state index in [-0.39, 0.29) is 6.54 Å². The number of hydrogen-bond acceptors (Lipinski definition) is 2. The molecule has 0 saturated carbocycles. The monoisotopic (exact) mass is 204 g/mol. The van der Waals surface area contributed by atoms with Crippen molar-refractivity contribution in [2.45, 2.75) is 31.7 Å². The van der Waals surface area contributed by atoms with Gasteiger partial charge in [-0.1, -0.05) is 0 Å². The van der Waals surface area contributed by atoms with Crippen molar-refractivity contribution in [3.05, 3.63) is 0 Å². The molecule has 0 N–H and O–H groups in total. The molecule has 4 heteroatoms. The van der Waals surface area contributed by atoms with E-state index in [0.29, 0.717) is 6.04 Å². The fourth-order valence-electron chi connectivity index (χ4n) is 2.64. The average molecular weight is 204 g/mol. The predicted octanol–water partition coefficient (Wildman–Crippen LogP) is 1.42. The van der Waals surface area contributed by atoms with Crippen molar-refractivity contribution < 1.29 is 8.78 Å². The van der Waals surface area contributed by atoms with E-state index >= 15 is 0 Å². The van der Waals surface area contributed by atoms with Gasteiger partial charge in [-0.05, 0) is 38.9 Å². The highest BCUT2D eigenvalue weighted by molar-refractivity contribution is 4.84. The highest BCUT2D eigenvalue weighted by Crippen LogP contribution is 2.21. The van der Waals surface area contributed by atoms with E-state index in [2.05, 4.69) is 4.90 Å². The van der Waals surface area contributed by atoms with Gasteiger partial charge in [-0.15, -0.1) is 0 Å². The molecule has 1 atom stereocenters. The van der Waals surface area contributed by atoms with Crippen molar-refractivity contribution in [1.82, 2.24) is 9.80 Å². The second kappa shape index (κ2) is 4.53. The minimum atomic E-state index is -2.18. The molecule has 1 unspecified atom stereocenters. The average Bonchev–Trinajstić information content (AvgIpc) is 2.44. The first-order valence-electron chi connectivity index (χ1n) is 5.50. The topological polar surface area (TPSA) is 6.48 Å². The quantitative estimate of drug-likeness (QED) is 0.671. The summed E-state index contributed by atoms with van der Waals surface area (Å²) in [6.45, 7) is 3.93. The second-order valence-electron chi connectivity index (χ2n) is 4.34. The summed E-state index contributed by atoms with van der Waals surface area (Å²) < 4.78 is 24.5. The van der Waals surface area contributed by atoms with Crippen LogP contribution in [0.3, 0.4) is 0 Å². The molecule has 2 aliphatic rings. The van der Waals surface area contributed by atoms with Crippen LogP contribution in [-0.4, -0.2) is 55.0 Å². The number of nitrogens with zero attached hydrogens (tertiary/aromatic N) is 2. The number of rotatable bonds is 2. The van der Waals surface area contributed by atoms with E-state index in [1.165, 1.54) is 19.4 Å². The number of fused-ring (bicyclic) bond motifs is 1. The van der Waals surface area contributed by atoms with Gasteiger partial charge < -0.3 is 0 Å². The van der Waals surface area contributed by atoms with Crippen LogP contribution in [0.15, 0.2) is 0 Å². The molecule has 0 aromatic carbocycles. The van der Waals surface area contributed by atoms with Gasteiger partial charge in [0.2, 0.25) is 0 Å². The van der Waals surface area contributed by atoms with Crippen LogP contribution >= 0.6 is 0 Å². The van der Waals surface area contributed by atoms with Crippen molar-refractivity contribution >= 4 is 0 Å². The third kappa shape index (κ3) is 2.42. The summed E-state index contributed by atoms with van der Waals surface area (Å²) >= 11 is 0. The van der Waals surface area contributed by atoms with E-state index in [1.54, 1.807) is 0 Å². The molecule has 82 valence electrons. The van der Waals surface area contributed by atoms with Gasteiger partial charge in [0.05, 0.1) is 6.54 Å². The van der Waals surface area contributed by atoms with E-state index in [0.717, 1.165) is 26.1 Å². The second-order valence-corrected chi connectivity index (χ2v) is 4.34. The van der Waals surface area contributed by atoms with E-state index in [1.807, 2.05) is 4.90 Å². The molecule has 0 spiro atoms. The van der Waals surface area contributed by atoms with Gasteiger partial charge in [0.15, 0.2) is 0 Å². The Bertz CT molecular complexity index is 187.